The molecule has 4 aliphatic rings. The van der Waals surface area contributed by atoms with Gasteiger partial charge in [-0.3, -0.25) is 9.59 Å². The number of carbonyl (C=O) groups is 2. The van der Waals surface area contributed by atoms with Crippen LogP contribution in [0.15, 0.2) is 23.3 Å². The molecule has 4 aliphatic carbocycles. The predicted molar refractivity (Wildman–Crippen MR) is 135 cm³/mol. The predicted octanol–water partition coefficient (Wildman–Crippen LogP) is 3.23. The molecule has 2 fully saturated rings. The Kier molecular flexibility index (Phi) is 6.90. The van der Waals surface area contributed by atoms with Gasteiger partial charge in [-0.15, -0.1) is 0 Å². The van der Waals surface area contributed by atoms with Gasteiger partial charge in [0, 0.05) is 23.3 Å². The van der Waals surface area contributed by atoms with Crippen LogP contribution in [0, 0.1) is 28.6 Å². The fourth-order valence-corrected chi connectivity index (χ4v) is 8.17. The first-order valence-electron chi connectivity index (χ1n) is 13.5. The summed E-state index contributed by atoms with van der Waals surface area (Å²) in [5, 5.41) is 45.7. The minimum atomic E-state index is -1.37. The Hall–Kier alpha value is -1.54. The van der Waals surface area contributed by atoms with Crippen LogP contribution in [0.3, 0.4) is 0 Å². The molecule has 0 bridgehead atoms. The molecule has 0 amide bonds. The van der Waals surface area contributed by atoms with Gasteiger partial charge < -0.3 is 25.2 Å². The summed E-state index contributed by atoms with van der Waals surface area (Å²) in [5.41, 5.74) is -2.83. The molecule has 0 aromatic heterocycles. The number of aliphatic hydroxyl groups excluding tert-OH is 2. The minimum Gasteiger partial charge on any atom is -0.456 e. The summed E-state index contributed by atoms with van der Waals surface area (Å²) >= 11 is 0. The number of hydrogen-bond donors (Lipinski definition) is 4. The molecule has 202 valence electrons. The summed E-state index contributed by atoms with van der Waals surface area (Å²) in [7, 11) is 0. The maximum Gasteiger partial charge on any atom is 0.303 e. The van der Waals surface area contributed by atoms with Crippen LogP contribution in [0.4, 0.5) is 0 Å². The number of rotatable bonds is 6. The maximum atomic E-state index is 13.4. The van der Waals surface area contributed by atoms with Crippen molar-refractivity contribution in [1.82, 2.24) is 0 Å². The van der Waals surface area contributed by atoms with Crippen LogP contribution in [0.25, 0.3) is 0 Å². The van der Waals surface area contributed by atoms with Gasteiger partial charge >= 0.3 is 5.97 Å². The van der Waals surface area contributed by atoms with E-state index < -0.39 is 46.3 Å². The molecule has 7 heteroatoms. The summed E-state index contributed by atoms with van der Waals surface area (Å²) in [6.45, 7) is 11.1. The molecule has 2 saturated carbocycles. The molecule has 9 unspecified atom stereocenters. The Morgan fingerprint density at radius 2 is 1.89 bits per heavy atom. The van der Waals surface area contributed by atoms with E-state index >= 15 is 0 Å². The summed E-state index contributed by atoms with van der Waals surface area (Å²) < 4.78 is 5.26. The summed E-state index contributed by atoms with van der Waals surface area (Å²) in [6.07, 6.45) is 4.28. The van der Waals surface area contributed by atoms with Crippen molar-refractivity contribution in [2.75, 3.05) is 0 Å². The number of carbonyl (C=O) groups excluding carboxylic acids is 2. The van der Waals surface area contributed by atoms with Crippen molar-refractivity contribution in [3.63, 3.8) is 0 Å². The average molecular weight is 505 g/mol. The number of fused-ring (bicyclic) bond motifs is 5. The van der Waals surface area contributed by atoms with E-state index in [4.69, 9.17) is 4.74 Å². The van der Waals surface area contributed by atoms with Crippen LogP contribution in [-0.4, -0.2) is 61.7 Å². The van der Waals surface area contributed by atoms with Crippen molar-refractivity contribution in [2.24, 2.45) is 28.6 Å². The Morgan fingerprint density at radius 1 is 1.22 bits per heavy atom. The average Bonchev–Trinajstić information content (AvgIpc) is 3.05. The largest absolute Gasteiger partial charge is 0.456 e. The monoisotopic (exact) mass is 504 g/mol. The van der Waals surface area contributed by atoms with Gasteiger partial charge in [0.05, 0.1) is 23.4 Å². The van der Waals surface area contributed by atoms with Crippen molar-refractivity contribution >= 4 is 11.8 Å². The van der Waals surface area contributed by atoms with Gasteiger partial charge in [-0.05, 0) is 87.3 Å². The van der Waals surface area contributed by atoms with Crippen molar-refractivity contribution in [3.05, 3.63) is 23.3 Å². The molecule has 0 heterocycles. The zero-order chi connectivity index (χ0) is 26.8. The second-order valence-corrected chi connectivity index (χ2v) is 13.0. The Morgan fingerprint density at radius 3 is 2.50 bits per heavy atom. The fraction of sp³-hybridized carbons (Fsp3) is 0.793. The second-order valence-electron chi connectivity index (χ2n) is 13.0. The van der Waals surface area contributed by atoms with Gasteiger partial charge in [-0.25, -0.2) is 0 Å². The minimum absolute atomic E-state index is 0.151. The number of aliphatic hydroxyl groups is 4. The third kappa shape index (κ3) is 4.01. The van der Waals surface area contributed by atoms with Gasteiger partial charge in [0.15, 0.2) is 5.78 Å². The Labute approximate surface area is 214 Å². The lowest BCUT2D eigenvalue weighted by molar-refractivity contribution is -0.168. The standard InChI is InChI=1S/C29H44O7/c1-16(2)7-8-25(33)28(6,34)24-10-12-29(35)19-13-21(31)20-14-23(36-17(3)30)22(32)15-26(20,4)18(19)9-11-27(24,29)5/h13-14,16,18,22-25,32-35H,7-12,15H2,1-6H3. The van der Waals surface area contributed by atoms with E-state index in [-0.39, 0.29) is 24.0 Å². The van der Waals surface area contributed by atoms with Gasteiger partial charge in [-0.2, -0.15) is 0 Å². The molecule has 0 aromatic rings. The fourth-order valence-electron chi connectivity index (χ4n) is 8.17. The van der Waals surface area contributed by atoms with Crippen molar-refractivity contribution in [3.8, 4) is 0 Å². The number of allylic oxidation sites excluding steroid dienone is 2. The SMILES string of the molecule is CC(=O)OC1C=C2C(=O)C=C3C(CCC4(C)C(C(C)(O)C(O)CCC(C)C)CCC34O)C2(C)CC1O. The molecule has 0 aliphatic heterocycles. The summed E-state index contributed by atoms with van der Waals surface area (Å²) in [4.78, 5) is 24.9. The highest BCUT2D eigenvalue weighted by atomic mass is 16.6. The van der Waals surface area contributed by atoms with Crippen molar-refractivity contribution in [1.29, 1.82) is 0 Å². The van der Waals surface area contributed by atoms with Crippen molar-refractivity contribution in [2.45, 2.75) is 116 Å². The summed E-state index contributed by atoms with van der Waals surface area (Å²) in [5.74, 6) is -0.806. The van der Waals surface area contributed by atoms with Crippen LogP contribution in [-0.2, 0) is 14.3 Å². The van der Waals surface area contributed by atoms with Crippen LogP contribution >= 0.6 is 0 Å². The first-order valence-corrected chi connectivity index (χ1v) is 13.5. The quantitative estimate of drug-likeness (QED) is 0.409. The van der Waals surface area contributed by atoms with E-state index in [9.17, 15) is 30.0 Å². The van der Waals surface area contributed by atoms with Gasteiger partial charge in [0.2, 0.25) is 0 Å². The summed E-state index contributed by atoms with van der Waals surface area (Å²) in [6, 6.07) is 0. The van der Waals surface area contributed by atoms with E-state index in [0.717, 1.165) is 6.42 Å². The molecule has 4 N–H and O–H groups in total. The normalized spacial score (nSPS) is 42.5. The zero-order valence-corrected chi connectivity index (χ0v) is 22.6. The third-order valence-electron chi connectivity index (χ3n) is 10.3. The van der Waals surface area contributed by atoms with Crippen molar-refractivity contribution < 1.29 is 34.8 Å². The number of ketones is 1. The highest BCUT2D eigenvalue weighted by molar-refractivity contribution is 6.07. The molecule has 0 spiro atoms. The van der Waals surface area contributed by atoms with Crippen LogP contribution in [0.1, 0.15) is 86.5 Å². The first-order chi connectivity index (χ1) is 16.6. The van der Waals surface area contributed by atoms with Crippen LogP contribution in [0.5, 0.6) is 0 Å². The molecule has 0 saturated heterocycles. The van der Waals surface area contributed by atoms with E-state index in [1.165, 1.54) is 6.92 Å². The smallest absolute Gasteiger partial charge is 0.303 e. The second kappa shape index (κ2) is 9.04. The van der Waals surface area contributed by atoms with Gasteiger partial charge in [-0.1, -0.05) is 27.7 Å². The molecule has 7 nitrogen and oxygen atoms in total. The van der Waals surface area contributed by atoms with E-state index in [0.29, 0.717) is 49.2 Å². The Bertz CT molecular complexity index is 980. The number of esters is 1. The Balaban J connectivity index is 1.69. The highest BCUT2D eigenvalue weighted by Crippen LogP contribution is 2.68. The molecule has 36 heavy (non-hydrogen) atoms. The third-order valence-corrected chi connectivity index (χ3v) is 10.3. The number of ether oxygens (including phenoxy) is 1. The molecular formula is C29H44O7. The molecular weight excluding hydrogens is 460 g/mol. The molecule has 0 aromatic carbocycles. The van der Waals surface area contributed by atoms with E-state index in [1.54, 1.807) is 19.1 Å². The first kappa shape index (κ1) is 27.5. The topological polar surface area (TPSA) is 124 Å². The van der Waals surface area contributed by atoms with Crippen LogP contribution < -0.4 is 0 Å². The highest BCUT2D eigenvalue weighted by Gasteiger charge is 2.68. The van der Waals surface area contributed by atoms with E-state index in [1.807, 2.05) is 13.8 Å². The molecule has 0 radical (unpaired) electrons. The molecule has 9 atom stereocenters. The van der Waals surface area contributed by atoms with E-state index in [2.05, 4.69) is 13.8 Å². The van der Waals surface area contributed by atoms with Crippen LogP contribution in [0.2, 0.25) is 0 Å². The maximum absolute atomic E-state index is 13.4. The lowest BCUT2D eigenvalue weighted by atomic mass is 9.47. The van der Waals surface area contributed by atoms with Gasteiger partial charge in [0.1, 0.15) is 6.10 Å². The lowest BCUT2D eigenvalue weighted by Crippen LogP contribution is -2.61. The lowest BCUT2D eigenvalue weighted by Gasteiger charge is -2.59. The molecule has 4 rings (SSSR count). The zero-order valence-electron chi connectivity index (χ0n) is 22.6. The van der Waals surface area contributed by atoms with Gasteiger partial charge in [0.25, 0.3) is 0 Å². The number of hydrogen-bond acceptors (Lipinski definition) is 7.